The number of hydrogen-bond donors (Lipinski definition) is 12. The van der Waals surface area contributed by atoms with Crippen molar-refractivity contribution in [2.75, 3.05) is 73.6 Å². The molecule has 1 aliphatic heterocycles. The van der Waals surface area contributed by atoms with E-state index in [2.05, 4.69) is 4.98 Å². The van der Waals surface area contributed by atoms with Gasteiger partial charge in [-0.1, -0.05) is 6.07 Å². The Morgan fingerprint density at radius 1 is 0.627 bits per heavy atom. The molecule has 12 N–H and O–H groups in total. The number of carboxylic acid groups (broad SMARTS) is 2. The molecule has 0 saturated heterocycles. The zero-order chi connectivity index (χ0) is 43.9. The first-order chi connectivity index (χ1) is 27.2. The van der Waals surface area contributed by atoms with E-state index in [0.29, 0.717) is 24.5 Å². The first-order valence-corrected chi connectivity index (χ1v) is 18.9. The Bertz CT molecular complexity index is 1360. The Labute approximate surface area is 353 Å². The average Bonchev–Trinajstić information content (AvgIpc) is 3.18. The predicted octanol–water partition coefficient (Wildman–Crippen LogP) is -6.12. The van der Waals surface area contributed by atoms with E-state index in [1.165, 1.54) is 14.1 Å². The molecule has 0 spiro atoms. The van der Waals surface area contributed by atoms with E-state index in [0.717, 1.165) is 9.80 Å². The van der Waals surface area contributed by atoms with Crippen molar-refractivity contribution in [1.82, 2.24) is 29.5 Å². The number of likely N-dealkylation sites (N-methyl/N-ethyl adjacent to an activating group) is 3. The Morgan fingerprint density at radius 3 is 1.29 bits per heavy atom. The zero-order valence-electron chi connectivity index (χ0n) is 33.5. The summed E-state index contributed by atoms with van der Waals surface area (Å²) in [6.07, 6.45) is -15.1. The summed E-state index contributed by atoms with van der Waals surface area (Å²) in [5, 5.41) is 118. The SMILES string of the molecule is CN1CCN(C(CCC(=O)N(C)C[C@H](O)[C@@H](O)[C@H](O)[C@H](O)CO)C(=O)O)Cc2cccc(n2)CN(C(CCC(=O)N(C)C[C@H](O)[C@@H](O)[C@H](O)[C@H](O)CO)C(=O)O)CC1.[Mn]. The monoisotopic (exact) mass is 889 g/mol. The Morgan fingerprint density at radius 2 is 0.966 bits per heavy atom. The van der Waals surface area contributed by atoms with Gasteiger partial charge in [-0.05, 0) is 32.0 Å². The summed E-state index contributed by atoms with van der Waals surface area (Å²) in [7, 11) is 4.41. The van der Waals surface area contributed by atoms with Gasteiger partial charge in [0, 0.05) is 96.4 Å². The minimum absolute atomic E-state index is 0. The van der Waals surface area contributed by atoms with Crippen LogP contribution in [0.25, 0.3) is 0 Å². The van der Waals surface area contributed by atoms with Gasteiger partial charge in [-0.2, -0.15) is 0 Å². The molecule has 1 aliphatic rings. The molecule has 2 rings (SSSR count). The van der Waals surface area contributed by atoms with Crippen molar-refractivity contribution < 1.29 is 97.5 Å². The van der Waals surface area contributed by atoms with Crippen molar-refractivity contribution in [1.29, 1.82) is 0 Å². The van der Waals surface area contributed by atoms with Gasteiger partial charge in [0.05, 0.1) is 24.6 Å². The molecular formula is C36H62MnN6O16. The van der Waals surface area contributed by atoms with Gasteiger partial charge in [-0.15, -0.1) is 0 Å². The molecule has 22 nitrogen and oxygen atoms in total. The number of pyridine rings is 1. The van der Waals surface area contributed by atoms with Gasteiger partial charge in [-0.25, -0.2) is 0 Å². The number of aliphatic hydroxyl groups is 10. The number of aliphatic hydroxyl groups excluding tert-OH is 10. The number of amides is 2. The number of rotatable bonds is 22. The number of hydrogen-bond acceptors (Lipinski definition) is 18. The first kappa shape index (κ1) is 54.0. The number of carbonyl (C=O) groups excluding carboxylic acids is 2. The summed E-state index contributed by atoms with van der Waals surface area (Å²) in [6.45, 7) is -1.46. The van der Waals surface area contributed by atoms with Crippen molar-refractivity contribution in [2.24, 2.45) is 0 Å². The number of carboxylic acids is 2. The van der Waals surface area contributed by atoms with E-state index >= 15 is 0 Å². The Kier molecular flexibility index (Phi) is 24.2. The van der Waals surface area contributed by atoms with Crippen LogP contribution in [0.5, 0.6) is 0 Å². The molecule has 1 aromatic rings. The van der Waals surface area contributed by atoms with E-state index in [1.807, 2.05) is 4.90 Å². The fourth-order valence-corrected chi connectivity index (χ4v) is 6.46. The van der Waals surface area contributed by atoms with E-state index < -0.39 is 111 Å². The second-order valence-corrected chi connectivity index (χ2v) is 14.8. The molecule has 0 aliphatic carbocycles. The summed E-state index contributed by atoms with van der Waals surface area (Å²) >= 11 is 0. The van der Waals surface area contributed by atoms with Gasteiger partial charge in [0.15, 0.2) is 0 Å². The van der Waals surface area contributed by atoms with Crippen LogP contribution in [0.1, 0.15) is 37.1 Å². The summed E-state index contributed by atoms with van der Waals surface area (Å²) < 4.78 is 0. The third-order valence-corrected chi connectivity index (χ3v) is 10.3. The molecule has 2 unspecified atom stereocenters. The van der Waals surface area contributed by atoms with Crippen LogP contribution in [0.3, 0.4) is 0 Å². The number of fused-ring (bicyclic) bond motifs is 2. The Hall–Kier alpha value is -2.97. The van der Waals surface area contributed by atoms with Gasteiger partial charge in [0.1, 0.15) is 60.9 Å². The van der Waals surface area contributed by atoms with Crippen molar-refractivity contribution in [2.45, 2.75) is 99.7 Å². The van der Waals surface area contributed by atoms with Crippen molar-refractivity contribution >= 4 is 23.8 Å². The molecule has 0 aromatic carbocycles. The first-order valence-electron chi connectivity index (χ1n) is 18.9. The normalized spacial score (nSPS) is 19.8. The largest absolute Gasteiger partial charge is 0.480 e. The van der Waals surface area contributed by atoms with Crippen molar-refractivity contribution in [3.8, 4) is 0 Å². The fraction of sp³-hybridized carbons (Fsp3) is 0.750. The third-order valence-electron chi connectivity index (χ3n) is 10.3. The van der Waals surface area contributed by atoms with Gasteiger partial charge < -0.3 is 76.0 Å². The summed E-state index contributed by atoms with van der Waals surface area (Å²) in [5.74, 6) is -3.52. The third kappa shape index (κ3) is 17.1. The standard InChI is InChI=1S/C36H62N6O16.Mn/c1-38-11-13-41(23(35(55)56)7-9-29(49)39(2)17-25(45)31(51)33(53)27(47)19-43)15-21-5-4-6-22(37-21)16-42(14-12-38)24(36(57)58)8-10-30(50)40(3)18-26(46)32(52)34(54)28(48)20-44;/h4-6,23-28,31-34,43-48,51-54H,7-20H2,1-3H3,(H,55,56)(H,57,58);/t23?,24?,25-,26-,27+,28+,31+,32+,33+,34+;/m0./s1. The molecule has 10 atom stereocenters. The van der Waals surface area contributed by atoms with Gasteiger partial charge in [0.2, 0.25) is 11.8 Å². The quantitative estimate of drug-likeness (QED) is 0.0482. The summed E-state index contributed by atoms with van der Waals surface area (Å²) in [4.78, 5) is 63.1. The predicted molar refractivity (Wildman–Crippen MR) is 201 cm³/mol. The molecule has 1 radical (unpaired) electrons. The van der Waals surface area contributed by atoms with Crippen LogP contribution < -0.4 is 0 Å². The maximum absolute atomic E-state index is 13.0. The van der Waals surface area contributed by atoms with Crippen LogP contribution in [0.15, 0.2) is 18.2 Å². The van der Waals surface area contributed by atoms with Crippen LogP contribution in [-0.2, 0) is 49.3 Å². The van der Waals surface area contributed by atoms with Crippen LogP contribution in [0.2, 0.25) is 0 Å². The van der Waals surface area contributed by atoms with Crippen molar-refractivity contribution in [3.05, 3.63) is 29.6 Å². The minimum atomic E-state index is -1.88. The van der Waals surface area contributed by atoms with E-state index in [1.54, 1.807) is 35.0 Å². The number of aliphatic carboxylic acids is 2. The van der Waals surface area contributed by atoms with Crippen molar-refractivity contribution in [3.63, 3.8) is 0 Å². The molecule has 339 valence electrons. The maximum Gasteiger partial charge on any atom is 0.320 e. The maximum atomic E-state index is 13.0. The summed E-state index contributed by atoms with van der Waals surface area (Å²) in [5.41, 5.74) is 0.939. The second-order valence-electron chi connectivity index (χ2n) is 14.8. The van der Waals surface area contributed by atoms with Gasteiger partial charge >= 0.3 is 11.9 Å². The van der Waals surface area contributed by atoms with E-state index in [9.17, 15) is 70.2 Å². The minimum Gasteiger partial charge on any atom is -0.480 e. The second kappa shape index (κ2) is 26.4. The number of carbonyl (C=O) groups is 4. The number of aromatic nitrogens is 1. The van der Waals surface area contributed by atoms with Crippen LogP contribution in [0.4, 0.5) is 0 Å². The molecule has 0 saturated carbocycles. The van der Waals surface area contributed by atoms with Gasteiger partial charge in [0.25, 0.3) is 0 Å². The zero-order valence-corrected chi connectivity index (χ0v) is 34.6. The Balaban J connectivity index is 0.0000174. The van der Waals surface area contributed by atoms with Gasteiger partial charge in [-0.3, -0.25) is 34.0 Å². The van der Waals surface area contributed by atoms with Crippen LogP contribution in [-0.4, -0.2) is 249 Å². The molecule has 1 aromatic heterocycles. The molecule has 23 heteroatoms. The summed E-state index contributed by atoms with van der Waals surface area (Å²) in [6, 6.07) is 2.76. The smallest absolute Gasteiger partial charge is 0.320 e. The average molecular weight is 890 g/mol. The van der Waals surface area contributed by atoms with Crippen LogP contribution >= 0.6 is 0 Å². The van der Waals surface area contributed by atoms with Crippen LogP contribution in [0, 0.1) is 0 Å². The molecule has 2 amide bonds. The molecule has 2 heterocycles. The fourth-order valence-electron chi connectivity index (χ4n) is 6.46. The van der Waals surface area contributed by atoms with E-state index in [-0.39, 0.29) is 68.9 Å². The molecule has 0 fully saturated rings. The molecular weight excluding hydrogens is 827 g/mol. The number of nitrogens with zero attached hydrogens (tertiary/aromatic N) is 6. The topological polar surface area (TPSA) is 340 Å². The van der Waals surface area contributed by atoms with E-state index in [4.69, 9.17) is 10.2 Å². The molecule has 2 bridgehead atoms. The molecule has 59 heavy (non-hydrogen) atoms.